The molecule has 1 heterocycles. The summed E-state index contributed by atoms with van der Waals surface area (Å²) in [5.41, 5.74) is 3.39. The predicted molar refractivity (Wildman–Crippen MR) is 124 cm³/mol. The van der Waals surface area contributed by atoms with Crippen LogP contribution in [0.15, 0.2) is 77.6 Å². The molecule has 0 aliphatic heterocycles. The van der Waals surface area contributed by atoms with Crippen molar-refractivity contribution >= 4 is 28.2 Å². The number of anilines is 1. The molecule has 0 saturated heterocycles. The molecule has 7 nitrogen and oxygen atoms in total. The summed E-state index contributed by atoms with van der Waals surface area (Å²) in [6.45, 7) is 3.87. The zero-order valence-electron chi connectivity index (χ0n) is 17.7. The van der Waals surface area contributed by atoms with Gasteiger partial charge in [-0.05, 0) is 54.6 Å². The molecule has 4 rings (SSSR count). The van der Waals surface area contributed by atoms with Crippen LogP contribution in [0.5, 0.6) is 0 Å². The molecule has 1 N–H and O–H groups in total. The van der Waals surface area contributed by atoms with Crippen LogP contribution in [0.1, 0.15) is 27.0 Å². The van der Waals surface area contributed by atoms with Crippen LogP contribution in [0.25, 0.3) is 10.9 Å². The van der Waals surface area contributed by atoms with Crippen molar-refractivity contribution in [2.75, 3.05) is 4.90 Å². The average Bonchev–Trinajstić information content (AvgIpc) is 2.79. The molecule has 0 atom stereocenters. The van der Waals surface area contributed by atoms with Crippen LogP contribution in [-0.4, -0.2) is 15.8 Å². The van der Waals surface area contributed by atoms with Gasteiger partial charge in [-0.1, -0.05) is 36.4 Å². The maximum atomic E-state index is 13.6. The van der Waals surface area contributed by atoms with Crippen molar-refractivity contribution in [3.05, 3.63) is 116 Å². The molecule has 0 fully saturated rings. The summed E-state index contributed by atoms with van der Waals surface area (Å²) >= 11 is 0. The lowest BCUT2D eigenvalue weighted by Gasteiger charge is -2.25. The fourth-order valence-corrected chi connectivity index (χ4v) is 3.68. The monoisotopic (exact) mass is 427 g/mol. The van der Waals surface area contributed by atoms with E-state index in [0.717, 1.165) is 16.5 Å². The number of non-ortho nitro benzene ring substituents is 1. The van der Waals surface area contributed by atoms with Crippen LogP contribution < -0.4 is 10.5 Å². The number of aromatic nitrogens is 1. The van der Waals surface area contributed by atoms with E-state index in [4.69, 9.17) is 0 Å². The zero-order chi connectivity index (χ0) is 22.8. The number of hydrogen-bond acceptors (Lipinski definition) is 4. The first-order chi connectivity index (χ1) is 15.3. The van der Waals surface area contributed by atoms with Gasteiger partial charge in [0.2, 0.25) is 0 Å². The summed E-state index contributed by atoms with van der Waals surface area (Å²) in [6.07, 6.45) is 0. The van der Waals surface area contributed by atoms with Crippen LogP contribution >= 0.6 is 0 Å². The van der Waals surface area contributed by atoms with Crippen LogP contribution in [-0.2, 0) is 6.54 Å². The number of nitro groups is 1. The molecule has 3 aromatic carbocycles. The van der Waals surface area contributed by atoms with Crippen molar-refractivity contribution in [3.8, 4) is 0 Å². The third-order valence-electron chi connectivity index (χ3n) is 5.57. The topological polar surface area (TPSA) is 96.3 Å². The lowest BCUT2D eigenvalue weighted by Crippen LogP contribution is -2.33. The van der Waals surface area contributed by atoms with Gasteiger partial charge in [-0.2, -0.15) is 0 Å². The van der Waals surface area contributed by atoms with Gasteiger partial charge >= 0.3 is 0 Å². The largest absolute Gasteiger partial charge is 0.322 e. The minimum absolute atomic E-state index is 0.0198. The fraction of sp³-hybridized carbons (Fsp3) is 0.120. The third-order valence-corrected chi connectivity index (χ3v) is 5.57. The lowest BCUT2D eigenvalue weighted by molar-refractivity contribution is -0.384. The van der Waals surface area contributed by atoms with E-state index < -0.39 is 10.8 Å². The molecule has 0 bridgehead atoms. The van der Waals surface area contributed by atoms with E-state index in [1.165, 1.54) is 29.2 Å². The molecule has 0 unspecified atom stereocenters. The first-order valence-corrected chi connectivity index (χ1v) is 10.1. The number of carbonyl (C=O) groups excluding carboxylic acids is 1. The highest BCUT2D eigenvalue weighted by Gasteiger charge is 2.23. The second kappa shape index (κ2) is 8.47. The Kier molecular flexibility index (Phi) is 5.55. The number of aromatic amines is 1. The molecule has 32 heavy (non-hydrogen) atoms. The first-order valence-electron chi connectivity index (χ1n) is 10.1. The Balaban J connectivity index is 1.83. The van der Waals surface area contributed by atoms with Crippen molar-refractivity contribution in [3.63, 3.8) is 0 Å². The number of nitrogens with zero attached hydrogens (tertiary/aromatic N) is 2. The number of benzene rings is 3. The number of amides is 1. The Morgan fingerprint density at radius 2 is 1.75 bits per heavy atom. The number of aryl methyl sites for hydroxylation is 1. The zero-order valence-corrected chi connectivity index (χ0v) is 17.7. The SMILES string of the molecule is Cc1cccc(N(Cc2cc3ccccc3[nH]c2=O)C(=O)c2cccc([N+](=O)[O-])c2)c1C. The highest BCUT2D eigenvalue weighted by Crippen LogP contribution is 2.27. The van der Waals surface area contributed by atoms with E-state index >= 15 is 0 Å². The minimum Gasteiger partial charge on any atom is -0.322 e. The van der Waals surface area contributed by atoms with Crippen molar-refractivity contribution in [1.29, 1.82) is 0 Å². The van der Waals surface area contributed by atoms with Gasteiger partial charge in [0.1, 0.15) is 0 Å². The predicted octanol–water partition coefficient (Wildman–Crippen LogP) is 4.90. The number of carbonyl (C=O) groups is 1. The van der Waals surface area contributed by atoms with E-state index in [1.54, 1.807) is 6.07 Å². The molecule has 160 valence electrons. The molecule has 1 aromatic heterocycles. The van der Waals surface area contributed by atoms with Crippen LogP contribution in [0.3, 0.4) is 0 Å². The van der Waals surface area contributed by atoms with Crippen molar-refractivity contribution in [2.45, 2.75) is 20.4 Å². The number of pyridine rings is 1. The maximum absolute atomic E-state index is 13.6. The maximum Gasteiger partial charge on any atom is 0.270 e. The van der Waals surface area contributed by atoms with Gasteiger partial charge in [-0.25, -0.2) is 0 Å². The molecule has 0 radical (unpaired) electrons. The van der Waals surface area contributed by atoms with Crippen LogP contribution in [0.4, 0.5) is 11.4 Å². The number of H-pyrrole nitrogens is 1. The highest BCUT2D eigenvalue weighted by molar-refractivity contribution is 6.06. The Morgan fingerprint density at radius 3 is 2.53 bits per heavy atom. The van der Waals surface area contributed by atoms with Gasteiger partial charge in [-0.15, -0.1) is 0 Å². The molecular formula is C25H21N3O4. The Morgan fingerprint density at radius 1 is 1.00 bits per heavy atom. The fourth-order valence-electron chi connectivity index (χ4n) is 3.68. The summed E-state index contributed by atoms with van der Waals surface area (Å²) in [5, 5.41) is 12.1. The Bertz CT molecular complexity index is 1410. The third kappa shape index (κ3) is 4.00. The van der Waals surface area contributed by atoms with Gasteiger partial charge in [0.05, 0.1) is 11.5 Å². The standard InChI is InChI=1S/C25H21N3O4/c1-16-7-5-12-23(17(16)2)27(25(30)19-9-6-10-21(14-19)28(31)32)15-20-13-18-8-3-4-11-22(18)26-24(20)29/h3-14H,15H2,1-2H3,(H,26,29). The van der Waals surface area contributed by atoms with Gasteiger partial charge in [0, 0.05) is 34.5 Å². The number of nitrogens with one attached hydrogen (secondary N) is 1. The second-order valence-corrected chi connectivity index (χ2v) is 7.63. The van der Waals surface area contributed by atoms with Crippen LogP contribution in [0.2, 0.25) is 0 Å². The molecular weight excluding hydrogens is 406 g/mol. The van der Waals surface area contributed by atoms with E-state index in [2.05, 4.69) is 4.98 Å². The molecule has 1 amide bonds. The van der Waals surface area contributed by atoms with Crippen LogP contribution in [0, 0.1) is 24.0 Å². The Hall–Kier alpha value is -4.26. The number of hydrogen-bond donors (Lipinski definition) is 1. The minimum atomic E-state index is -0.535. The number of rotatable bonds is 5. The normalized spacial score (nSPS) is 10.8. The molecule has 0 saturated carbocycles. The van der Waals surface area contributed by atoms with E-state index in [9.17, 15) is 19.7 Å². The van der Waals surface area contributed by atoms with E-state index in [-0.39, 0.29) is 23.4 Å². The summed E-state index contributed by atoms with van der Waals surface area (Å²) in [5.74, 6) is -0.421. The van der Waals surface area contributed by atoms with Crippen molar-refractivity contribution in [2.24, 2.45) is 0 Å². The number of fused-ring (bicyclic) bond motifs is 1. The molecule has 7 heteroatoms. The summed E-state index contributed by atoms with van der Waals surface area (Å²) in [4.78, 5) is 41.4. The molecule has 0 aliphatic carbocycles. The first kappa shape index (κ1) is 21.0. The van der Waals surface area contributed by atoms with Gasteiger partial charge in [-0.3, -0.25) is 19.7 Å². The quantitative estimate of drug-likeness (QED) is 0.362. The molecule has 0 spiro atoms. The second-order valence-electron chi connectivity index (χ2n) is 7.63. The van der Waals surface area contributed by atoms with E-state index in [1.807, 2.05) is 56.3 Å². The Labute approximate surface area is 184 Å². The van der Waals surface area contributed by atoms with Gasteiger partial charge in [0.25, 0.3) is 17.2 Å². The van der Waals surface area contributed by atoms with Gasteiger partial charge in [0.15, 0.2) is 0 Å². The number of nitro benzene ring substituents is 1. The van der Waals surface area contributed by atoms with Crippen molar-refractivity contribution < 1.29 is 9.72 Å². The molecule has 0 aliphatic rings. The highest BCUT2D eigenvalue weighted by atomic mass is 16.6. The van der Waals surface area contributed by atoms with Crippen molar-refractivity contribution in [1.82, 2.24) is 4.98 Å². The summed E-state index contributed by atoms with van der Waals surface area (Å²) in [7, 11) is 0. The van der Waals surface area contributed by atoms with E-state index in [0.29, 0.717) is 16.8 Å². The molecule has 4 aromatic rings. The lowest BCUT2D eigenvalue weighted by atomic mass is 10.0. The number of para-hydroxylation sites is 1. The average molecular weight is 427 g/mol. The smallest absolute Gasteiger partial charge is 0.270 e. The van der Waals surface area contributed by atoms with Gasteiger partial charge < -0.3 is 9.88 Å². The summed E-state index contributed by atoms with van der Waals surface area (Å²) < 4.78 is 0. The summed E-state index contributed by atoms with van der Waals surface area (Å²) in [6, 6.07) is 20.4.